The molecule has 5 nitrogen and oxygen atoms in total. The maximum absolute atomic E-state index is 14.5. The number of alkyl halides is 2. The van der Waals surface area contributed by atoms with Crippen molar-refractivity contribution >= 4 is 23.2 Å². The van der Waals surface area contributed by atoms with Gasteiger partial charge in [0.2, 0.25) is 5.91 Å². The molecule has 3 rings (SSSR count). The predicted molar refractivity (Wildman–Crippen MR) is 114 cm³/mol. The summed E-state index contributed by atoms with van der Waals surface area (Å²) in [6.45, 7) is 0.444. The molecule has 1 amide bonds. The minimum absolute atomic E-state index is 0.0392. The number of carboxylic acid groups (broad SMARTS) is 1. The molecule has 0 unspecified atom stereocenters. The molecule has 2 atom stereocenters. The lowest BCUT2D eigenvalue weighted by molar-refractivity contribution is -0.135. The maximum atomic E-state index is 14.5. The van der Waals surface area contributed by atoms with Crippen LogP contribution in [0, 0.1) is 0 Å². The summed E-state index contributed by atoms with van der Waals surface area (Å²) in [4.78, 5) is 26.3. The molecule has 0 aliphatic carbocycles. The molecular weight excluding hydrogens is 424 g/mol. The summed E-state index contributed by atoms with van der Waals surface area (Å²) < 4.78 is 29.0. The number of amides is 1. The van der Waals surface area contributed by atoms with Crippen molar-refractivity contribution in [2.75, 3.05) is 6.54 Å². The number of hydrogen-bond acceptors (Lipinski definition) is 4. The fourth-order valence-electron chi connectivity index (χ4n) is 3.67. The fraction of sp³-hybridized carbons (Fsp3) is 0.391. The summed E-state index contributed by atoms with van der Waals surface area (Å²) in [7, 11) is 0. The van der Waals surface area contributed by atoms with Crippen LogP contribution in [0.4, 0.5) is 8.78 Å². The first kappa shape index (κ1) is 23.1. The molecule has 2 aromatic rings. The quantitative estimate of drug-likeness (QED) is 0.554. The zero-order valence-electron chi connectivity index (χ0n) is 16.9. The van der Waals surface area contributed by atoms with Crippen molar-refractivity contribution in [3.05, 3.63) is 69.9 Å². The standard InChI is InChI=1S/C23H25F2NO4S/c24-23(25,16-6-2-1-3-7-16)20(27)14-11-17-8-4-10-21(28)26(17)15-5-9-18-12-13-19(31-18)22(29)30/h1-3,6-7,11-14,17,20,27H,4-5,8-10,15H2,(H,29,30)/b14-11+/t17-,20+/m1/s1. The Hall–Kier alpha value is -2.58. The van der Waals surface area contributed by atoms with E-state index in [1.54, 1.807) is 23.1 Å². The lowest BCUT2D eigenvalue weighted by atomic mass is 9.98. The van der Waals surface area contributed by atoms with E-state index in [-0.39, 0.29) is 22.4 Å². The average molecular weight is 450 g/mol. The van der Waals surface area contributed by atoms with Crippen molar-refractivity contribution in [1.82, 2.24) is 4.90 Å². The molecule has 0 saturated carbocycles. The number of benzene rings is 1. The number of nitrogens with zero attached hydrogens (tertiary/aromatic N) is 1. The first-order chi connectivity index (χ1) is 14.8. The fourth-order valence-corrected chi connectivity index (χ4v) is 4.56. The van der Waals surface area contributed by atoms with Crippen LogP contribution in [0.15, 0.2) is 54.6 Å². The third-order valence-corrected chi connectivity index (χ3v) is 6.48. The van der Waals surface area contributed by atoms with Gasteiger partial charge >= 0.3 is 11.9 Å². The van der Waals surface area contributed by atoms with Gasteiger partial charge in [0, 0.05) is 23.4 Å². The summed E-state index contributed by atoms with van der Waals surface area (Å²) >= 11 is 1.21. The number of rotatable bonds is 9. The molecule has 0 bridgehead atoms. The van der Waals surface area contributed by atoms with Gasteiger partial charge in [-0.3, -0.25) is 4.79 Å². The van der Waals surface area contributed by atoms with Gasteiger partial charge in [0.1, 0.15) is 11.0 Å². The Morgan fingerprint density at radius 2 is 2.00 bits per heavy atom. The van der Waals surface area contributed by atoms with E-state index in [1.165, 1.54) is 41.7 Å². The summed E-state index contributed by atoms with van der Waals surface area (Å²) in [5.74, 6) is -4.43. The van der Waals surface area contributed by atoms with Gasteiger partial charge in [0.15, 0.2) is 0 Å². The molecule has 2 N–H and O–H groups in total. The summed E-state index contributed by atoms with van der Waals surface area (Å²) in [6.07, 6.45) is 3.60. The van der Waals surface area contributed by atoms with Gasteiger partial charge in [-0.05, 0) is 37.8 Å². The highest BCUT2D eigenvalue weighted by Gasteiger charge is 2.39. The van der Waals surface area contributed by atoms with Gasteiger partial charge < -0.3 is 15.1 Å². The van der Waals surface area contributed by atoms with Crippen LogP contribution in [-0.2, 0) is 17.1 Å². The van der Waals surface area contributed by atoms with Crippen molar-refractivity contribution < 1.29 is 28.6 Å². The Kier molecular flexibility index (Phi) is 7.56. The molecule has 0 radical (unpaired) electrons. The van der Waals surface area contributed by atoms with Crippen LogP contribution in [0.25, 0.3) is 0 Å². The molecule has 1 aliphatic rings. The van der Waals surface area contributed by atoms with Crippen LogP contribution in [0.2, 0.25) is 0 Å². The third-order valence-electron chi connectivity index (χ3n) is 5.35. The number of likely N-dealkylation sites (tertiary alicyclic amines) is 1. The van der Waals surface area contributed by atoms with E-state index in [1.807, 2.05) is 0 Å². The number of aromatic carboxylic acids is 1. The van der Waals surface area contributed by atoms with Crippen LogP contribution in [0.3, 0.4) is 0 Å². The summed E-state index contributed by atoms with van der Waals surface area (Å²) in [5, 5.41) is 19.1. The highest BCUT2D eigenvalue weighted by atomic mass is 32.1. The van der Waals surface area contributed by atoms with E-state index in [9.17, 15) is 23.5 Å². The van der Waals surface area contributed by atoms with E-state index in [0.29, 0.717) is 38.6 Å². The Morgan fingerprint density at radius 1 is 1.26 bits per heavy atom. The van der Waals surface area contributed by atoms with Gasteiger partial charge in [-0.15, -0.1) is 11.3 Å². The number of aliphatic hydroxyl groups excluding tert-OH is 1. The van der Waals surface area contributed by atoms with Gasteiger partial charge in [0.05, 0.1) is 6.04 Å². The monoisotopic (exact) mass is 449 g/mol. The van der Waals surface area contributed by atoms with Gasteiger partial charge in [-0.2, -0.15) is 8.78 Å². The molecular formula is C23H25F2NO4S. The molecule has 1 aromatic heterocycles. The van der Waals surface area contributed by atoms with Crippen molar-refractivity contribution in [3.63, 3.8) is 0 Å². The molecule has 1 saturated heterocycles. The van der Waals surface area contributed by atoms with E-state index in [2.05, 4.69) is 0 Å². The summed E-state index contributed by atoms with van der Waals surface area (Å²) in [6, 6.07) is 10.1. The molecule has 2 heterocycles. The van der Waals surface area contributed by atoms with E-state index >= 15 is 0 Å². The SMILES string of the molecule is O=C(O)c1ccc(CCCN2C(=O)CCC[C@@H]2/C=C/[C@H](O)C(F)(F)c2ccccc2)s1. The zero-order chi connectivity index (χ0) is 22.4. The molecule has 1 fully saturated rings. The number of hydrogen-bond donors (Lipinski definition) is 2. The molecule has 31 heavy (non-hydrogen) atoms. The smallest absolute Gasteiger partial charge is 0.345 e. The predicted octanol–water partition coefficient (Wildman–Crippen LogP) is 4.47. The first-order valence-corrected chi connectivity index (χ1v) is 11.0. The van der Waals surface area contributed by atoms with Crippen LogP contribution in [0.1, 0.15) is 45.8 Å². The van der Waals surface area contributed by atoms with E-state index in [4.69, 9.17) is 5.11 Å². The van der Waals surface area contributed by atoms with Crippen molar-refractivity contribution in [1.29, 1.82) is 0 Å². The molecule has 1 aromatic carbocycles. The number of carboxylic acids is 1. The number of carbonyl (C=O) groups excluding carboxylic acids is 1. The largest absolute Gasteiger partial charge is 0.477 e. The molecule has 8 heteroatoms. The first-order valence-electron chi connectivity index (χ1n) is 10.2. The average Bonchev–Trinajstić information content (AvgIpc) is 3.23. The Morgan fingerprint density at radius 3 is 2.68 bits per heavy atom. The number of piperidine rings is 1. The normalized spacial score (nSPS) is 18.5. The highest BCUT2D eigenvalue weighted by Crippen LogP contribution is 2.32. The van der Waals surface area contributed by atoms with Gasteiger partial charge in [-0.25, -0.2) is 4.79 Å². The molecule has 0 spiro atoms. The van der Waals surface area contributed by atoms with Crippen LogP contribution in [-0.4, -0.2) is 45.7 Å². The van der Waals surface area contributed by atoms with E-state index in [0.717, 1.165) is 11.0 Å². The van der Waals surface area contributed by atoms with Gasteiger partial charge in [0.25, 0.3) is 0 Å². The van der Waals surface area contributed by atoms with Crippen LogP contribution < -0.4 is 0 Å². The second-order valence-corrected chi connectivity index (χ2v) is 8.71. The minimum atomic E-state index is -3.43. The number of aryl methyl sites for hydroxylation is 1. The second kappa shape index (κ2) is 10.2. The topological polar surface area (TPSA) is 77.8 Å². The third kappa shape index (κ3) is 5.77. The lowest BCUT2D eigenvalue weighted by Crippen LogP contribution is -2.43. The number of carbonyl (C=O) groups is 2. The Labute approximate surface area is 183 Å². The van der Waals surface area contributed by atoms with Crippen molar-refractivity contribution in [3.8, 4) is 0 Å². The van der Waals surface area contributed by atoms with Crippen molar-refractivity contribution in [2.24, 2.45) is 0 Å². The molecule has 1 aliphatic heterocycles. The van der Waals surface area contributed by atoms with Crippen LogP contribution in [0.5, 0.6) is 0 Å². The number of thiophene rings is 1. The maximum Gasteiger partial charge on any atom is 0.345 e. The molecule has 166 valence electrons. The summed E-state index contributed by atoms with van der Waals surface area (Å²) in [5.41, 5.74) is -0.264. The number of aliphatic hydroxyl groups is 1. The van der Waals surface area contributed by atoms with E-state index < -0.39 is 18.0 Å². The van der Waals surface area contributed by atoms with Gasteiger partial charge in [-0.1, -0.05) is 42.5 Å². The Bertz CT molecular complexity index is 929. The number of halogens is 2. The van der Waals surface area contributed by atoms with Crippen LogP contribution >= 0.6 is 11.3 Å². The Balaban J connectivity index is 1.61. The minimum Gasteiger partial charge on any atom is -0.477 e. The second-order valence-electron chi connectivity index (χ2n) is 7.54. The van der Waals surface area contributed by atoms with Crippen molar-refractivity contribution in [2.45, 2.75) is 50.2 Å². The zero-order valence-corrected chi connectivity index (χ0v) is 17.7. The highest BCUT2D eigenvalue weighted by molar-refractivity contribution is 7.13. The lowest BCUT2D eigenvalue weighted by Gasteiger charge is -2.34.